The number of para-hydroxylation sites is 1. The maximum absolute atomic E-state index is 13.2. The summed E-state index contributed by atoms with van der Waals surface area (Å²) in [6.45, 7) is 4.14. The number of aromatic hydroxyl groups is 1. The van der Waals surface area contributed by atoms with Gasteiger partial charge in [0, 0.05) is 29.9 Å². The Morgan fingerprint density at radius 1 is 0.974 bits per heavy atom. The van der Waals surface area contributed by atoms with Crippen LogP contribution in [0.2, 0.25) is 0 Å². The van der Waals surface area contributed by atoms with E-state index in [1.54, 1.807) is 23.9 Å². The normalized spacial score (nSPS) is 11.9. The number of rotatable bonds is 12. The number of benzene rings is 3. The number of urea groups is 1. The molecule has 0 aliphatic heterocycles. The highest BCUT2D eigenvalue weighted by Crippen LogP contribution is 2.39. The molecule has 4 aromatic rings. The zero-order valence-corrected chi connectivity index (χ0v) is 23.4. The van der Waals surface area contributed by atoms with E-state index in [1.807, 2.05) is 92.6 Å². The second-order valence-corrected chi connectivity index (χ2v) is 10.8. The number of amides is 2. The highest BCUT2D eigenvalue weighted by Gasteiger charge is 2.24. The zero-order valence-electron chi connectivity index (χ0n) is 22.6. The second-order valence-electron chi connectivity index (χ2n) is 9.41. The summed E-state index contributed by atoms with van der Waals surface area (Å²) in [5.41, 5.74) is 3.26. The number of carbonyl (C=O) groups excluding carboxylic acids is 1. The van der Waals surface area contributed by atoms with Gasteiger partial charge in [0.2, 0.25) is 11.8 Å². The average molecular weight is 546 g/mol. The predicted molar refractivity (Wildman–Crippen MR) is 157 cm³/mol. The predicted octanol–water partition coefficient (Wildman–Crippen LogP) is 6.27. The van der Waals surface area contributed by atoms with Crippen molar-refractivity contribution < 1.29 is 14.3 Å². The van der Waals surface area contributed by atoms with Gasteiger partial charge in [0.1, 0.15) is 11.0 Å². The number of nitrogens with zero attached hydrogens (tertiary/aromatic N) is 4. The van der Waals surface area contributed by atoms with Crippen molar-refractivity contribution in [3.8, 4) is 17.2 Å². The fraction of sp³-hybridized carbons (Fsp3) is 0.300. The third-order valence-electron chi connectivity index (χ3n) is 6.14. The quantitative estimate of drug-likeness (QED) is 0.217. The smallest absolute Gasteiger partial charge is 0.322 e. The van der Waals surface area contributed by atoms with Gasteiger partial charge in [-0.1, -0.05) is 55.5 Å². The molecule has 1 unspecified atom stereocenters. The Bertz CT molecular complexity index is 1330. The van der Waals surface area contributed by atoms with E-state index in [9.17, 15) is 9.90 Å². The molecular weight excluding hydrogens is 510 g/mol. The number of phenols is 1. The lowest BCUT2D eigenvalue weighted by molar-refractivity contribution is 0.205. The SMILES string of the molecule is CCSC(c1nnc(-c2ccc(NC(=O)N(CCCN(C)C)Cc3ccccc3)cc2)o1)c1ccccc1O. The first-order valence-electron chi connectivity index (χ1n) is 13.0. The Labute approximate surface area is 234 Å². The van der Waals surface area contributed by atoms with E-state index in [2.05, 4.69) is 20.4 Å². The maximum atomic E-state index is 13.2. The number of aromatic nitrogens is 2. The van der Waals surface area contributed by atoms with Crippen molar-refractivity contribution in [1.82, 2.24) is 20.0 Å². The van der Waals surface area contributed by atoms with E-state index < -0.39 is 0 Å². The van der Waals surface area contributed by atoms with Crippen LogP contribution in [0.4, 0.5) is 10.5 Å². The van der Waals surface area contributed by atoms with Crippen molar-refractivity contribution in [3.63, 3.8) is 0 Å². The Morgan fingerprint density at radius 2 is 1.69 bits per heavy atom. The van der Waals surface area contributed by atoms with E-state index >= 15 is 0 Å². The van der Waals surface area contributed by atoms with Gasteiger partial charge in [-0.2, -0.15) is 0 Å². The molecule has 0 radical (unpaired) electrons. The number of hydrogen-bond donors (Lipinski definition) is 2. The van der Waals surface area contributed by atoms with Crippen molar-refractivity contribution in [3.05, 3.63) is 95.9 Å². The van der Waals surface area contributed by atoms with E-state index in [0.29, 0.717) is 30.6 Å². The van der Waals surface area contributed by atoms with Gasteiger partial charge in [0.05, 0.1) is 0 Å². The van der Waals surface area contributed by atoms with Crippen LogP contribution in [-0.2, 0) is 6.54 Å². The Kier molecular flexibility index (Phi) is 9.99. The molecule has 8 nitrogen and oxygen atoms in total. The topological polar surface area (TPSA) is 94.7 Å². The van der Waals surface area contributed by atoms with E-state index in [4.69, 9.17) is 4.42 Å². The van der Waals surface area contributed by atoms with E-state index in [-0.39, 0.29) is 17.0 Å². The molecule has 2 amide bonds. The Morgan fingerprint density at radius 3 is 2.38 bits per heavy atom. The number of carbonyl (C=O) groups is 1. The molecule has 9 heteroatoms. The lowest BCUT2D eigenvalue weighted by atomic mass is 10.1. The van der Waals surface area contributed by atoms with Crippen molar-refractivity contribution >= 4 is 23.5 Å². The first-order chi connectivity index (χ1) is 18.9. The van der Waals surface area contributed by atoms with Crippen molar-refractivity contribution in [2.75, 3.05) is 38.3 Å². The number of thioether (sulfide) groups is 1. The minimum atomic E-state index is -0.265. The van der Waals surface area contributed by atoms with Crippen LogP contribution in [-0.4, -0.2) is 64.1 Å². The maximum Gasteiger partial charge on any atom is 0.322 e. The van der Waals surface area contributed by atoms with E-state index in [0.717, 1.165) is 35.4 Å². The van der Waals surface area contributed by atoms with Crippen molar-refractivity contribution in [2.24, 2.45) is 0 Å². The summed E-state index contributed by atoms with van der Waals surface area (Å²) >= 11 is 1.61. The van der Waals surface area contributed by atoms with Crippen LogP contribution in [0.1, 0.15) is 35.6 Å². The first-order valence-corrected chi connectivity index (χ1v) is 14.1. The molecule has 0 bridgehead atoms. The Hall–Kier alpha value is -3.82. The van der Waals surface area contributed by atoms with Gasteiger partial charge in [-0.3, -0.25) is 0 Å². The fourth-order valence-corrected chi connectivity index (χ4v) is 5.11. The van der Waals surface area contributed by atoms with Crippen LogP contribution in [0.25, 0.3) is 11.5 Å². The van der Waals surface area contributed by atoms with Gasteiger partial charge in [-0.25, -0.2) is 4.79 Å². The molecule has 0 saturated carbocycles. The van der Waals surface area contributed by atoms with Crippen LogP contribution in [0, 0.1) is 0 Å². The summed E-state index contributed by atoms with van der Waals surface area (Å²) in [5, 5.41) is 21.6. The summed E-state index contributed by atoms with van der Waals surface area (Å²) < 4.78 is 6.03. The lowest BCUT2D eigenvalue weighted by Crippen LogP contribution is -2.36. The highest BCUT2D eigenvalue weighted by molar-refractivity contribution is 7.99. The molecular formula is C30H35N5O3S. The molecule has 1 heterocycles. The third-order valence-corrected chi connectivity index (χ3v) is 7.26. The van der Waals surface area contributed by atoms with Gasteiger partial charge in [0.25, 0.3) is 0 Å². The largest absolute Gasteiger partial charge is 0.508 e. The standard InChI is InChI=1S/C30H35N5O3S/c1-4-39-27(25-13-8-9-14-26(25)36)29-33-32-28(38-29)23-15-17-24(18-16-23)31-30(37)35(20-10-19-34(2)3)21-22-11-6-5-7-12-22/h5-9,11-18,27,36H,4,10,19-21H2,1-3H3,(H,31,37). The van der Waals surface area contributed by atoms with E-state index in [1.165, 1.54) is 0 Å². The van der Waals surface area contributed by atoms with Crippen molar-refractivity contribution in [1.29, 1.82) is 0 Å². The number of phenolic OH excluding ortho intramolecular Hbond substituents is 1. The minimum Gasteiger partial charge on any atom is -0.508 e. The highest BCUT2D eigenvalue weighted by atomic mass is 32.2. The van der Waals surface area contributed by atoms with Gasteiger partial charge < -0.3 is 24.6 Å². The van der Waals surface area contributed by atoms with Crippen LogP contribution in [0.3, 0.4) is 0 Å². The molecule has 0 aliphatic rings. The van der Waals surface area contributed by atoms with Crippen molar-refractivity contribution in [2.45, 2.75) is 25.1 Å². The zero-order chi connectivity index (χ0) is 27.6. The summed E-state index contributed by atoms with van der Waals surface area (Å²) in [6.07, 6.45) is 0.879. The third kappa shape index (κ3) is 7.84. The number of nitrogens with one attached hydrogen (secondary N) is 1. The molecule has 204 valence electrons. The second kappa shape index (κ2) is 13.8. The number of hydrogen-bond acceptors (Lipinski definition) is 7. The lowest BCUT2D eigenvalue weighted by Gasteiger charge is -2.24. The molecule has 3 aromatic carbocycles. The molecule has 1 aromatic heterocycles. The summed E-state index contributed by atoms with van der Waals surface area (Å²) in [6, 6.07) is 24.4. The van der Waals surface area contributed by atoms with Crippen LogP contribution in [0.5, 0.6) is 5.75 Å². The average Bonchev–Trinajstić information content (AvgIpc) is 3.42. The van der Waals surface area contributed by atoms with Gasteiger partial charge >= 0.3 is 6.03 Å². The summed E-state index contributed by atoms with van der Waals surface area (Å²) in [5.74, 6) is 1.84. The van der Waals surface area contributed by atoms with Gasteiger partial charge in [0.15, 0.2) is 0 Å². The molecule has 39 heavy (non-hydrogen) atoms. The molecule has 0 aliphatic carbocycles. The first kappa shape index (κ1) is 28.2. The van der Waals surface area contributed by atoms with Gasteiger partial charge in [-0.15, -0.1) is 22.0 Å². The monoisotopic (exact) mass is 545 g/mol. The molecule has 1 atom stereocenters. The fourth-order valence-electron chi connectivity index (χ4n) is 4.16. The van der Waals surface area contributed by atoms with Gasteiger partial charge in [-0.05, 0) is 68.7 Å². The summed E-state index contributed by atoms with van der Waals surface area (Å²) in [4.78, 5) is 17.1. The molecule has 4 rings (SSSR count). The molecule has 0 spiro atoms. The van der Waals surface area contributed by atoms with Crippen LogP contribution >= 0.6 is 11.8 Å². The molecule has 2 N–H and O–H groups in total. The van der Waals surface area contributed by atoms with Crippen LogP contribution in [0.15, 0.2) is 83.3 Å². The summed E-state index contributed by atoms with van der Waals surface area (Å²) in [7, 11) is 4.06. The van der Waals surface area contributed by atoms with Crippen LogP contribution < -0.4 is 5.32 Å². The number of anilines is 1. The molecule has 0 fully saturated rings. The molecule has 0 saturated heterocycles. The minimum absolute atomic E-state index is 0.146. The Balaban J connectivity index is 1.45.